The van der Waals surface area contributed by atoms with Crippen molar-refractivity contribution in [1.82, 2.24) is 19.4 Å². The Morgan fingerprint density at radius 3 is 2.35 bits per heavy atom. The summed E-state index contributed by atoms with van der Waals surface area (Å²) < 4.78 is 14.1. The summed E-state index contributed by atoms with van der Waals surface area (Å²) in [6, 6.07) is 15.1. The van der Waals surface area contributed by atoms with Crippen LogP contribution in [0, 0.1) is 0 Å². The van der Waals surface area contributed by atoms with E-state index in [1.807, 2.05) is 71.6 Å². The lowest BCUT2D eigenvalue weighted by molar-refractivity contribution is -0.138. The molecule has 0 saturated carbocycles. The maximum Gasteiger partial charge on any atom is 0.231 e. The maximum absolute atomic E-state index is 14.0. The van der Waals surface area contributed by atoms with E-state index >= 15 is 0 Å². The third-order valence-electron chi connectivity index (χ3n) is 5.95. The maximum atomic E-state index is 14.0. The number of pyridine rings is 1. The molecule has 2 amide bonds. The van der Waals surface area contributed by atoms with E-state index in [1.165, 1.54) is 4.90 Å². The van der Waals surface area contributed by atoms with E-state index < -0.39 is 16.7 Å². The predicted octanol–water partition coefficient (Wildman–Crippen LogP) is 3.11. The smallest absolute Gasteiger partial charge is 0.231 e. The highest BCUT2D eigenvalue weighted by molar-refractivity contribution is 7.88. The second kappa shape index (κ2) is 10.6. The number of hydrogen-bond acceptors (Lipinski definition) is 4. The normalized spacial score (nSPS) is 17.9. The van der Waals surface area contributed by atoms with Crippen molar-refractivity contribution in [2.75, 3.05) is 19.8 Å². The summed E-state index contributed by atoms with van der Waals surface area (Å²) in [5.74, 6) is -0.577. The molecule has 3 atom stereocenters. The summed E-state index contributed by atoms with van der Waals surface area (Å²) in [4.78, 5) is 34.0. The van der Waals surface area contributed by atoms with Crippen molar-refractivity contribution >= 4 is 22.6 Å². The number of rotatable bonds is 8. The van der Waals surface area contributed by atoms with Crippen molar-refractivity contribution < 1.29 is 13.8 Å². The Morgan fingerprint density at radius 2 is 1.76 bits per heavy atom. The van der Waals surface area contributed by atoms with Crippen LogP contribution in [0.4, 0.5) is 0 Å². The lowest BCUT2D eigenvalue weighted by atomic mass is 9.92. The van der Waals surface area contributed by atoms with Crippen molar-refractivity contribution in [1.29, 1.82) is 0 Å². The summed E-state index contributed by atoms with van der Waals surface area (Å²) in [5, 5.41) is 1.64. The van der Waals surface area contributed by atoms with Gasteiger partial charge in [-0.15, -0.1) is 0 Å². The molecule has 0 bridgehead atoms. The van der Waals surface area contributed by atoms with Gasteiger partial charge in [0, 0.05) is 73.7 Å². The summed E-state index contributed by atoms with van der Waals surface area (Å²) >= 11 is 0. The van der Waals surface area contributed by atoms with E-state index in [-0.39, 0.29) is 24.3 Å². The van der Waals surface area contributed by atoms with Crippen molar-refractivity contribution in [3.05, 3.63) is 95.9 Å². The SMILES string of the molecule is CN(C)C(=O)CC(C(=O)N(Cc1ccncc1)C1C=CS(=O)C1)c1ccc(-n2cccc2)cc1. The molecule has 8 heteroatoms. The van der Waals surface area contributed by atoms with Gasteiger partial charge in [-0.1, -0.05) is 18.2 Å². The number of carbonyl (C=O) groups is 2. The van der Waals surface area contributed by atoms with Crippen LogP contribution in [0.15, 0.2) is 84.8 Å². The molecular formula is C26H28N4O3S. The van der Waals surface area contributed by atoms with Crippen molar-refractivity contribution in [2.24, 2.45) is 0 Å². The summed E-state index contributed by atoms with van der Waals surface area (Å²) in [6.07, 6.45) is 9.17. The first kappa shape index (κ1) is 23.6. The van der Waals surface area contributed by atoms with Crippen LogP contribution < -0.4 is 0 Å². The largest absolute Gasteiger partial charge is 0.349 e. The lowest BCUT2D eigenvalue weighted by Crippen LogP contribution is -2.43. The molecule has 0 saturated heterocycles. The van der Waals surface area contributed by atoms with Crippen LogP contribution in [0.5, 0.6) is 0 Å². The van der Waals surface area contributed by atoms with E-state index in [4.69, 9.17) is 0 Å². The molecular weight excluding hydrogens is 448 g/mol. The quantitative estimate of drug-likeness (QED) is 0.501. The fourth-order valence-corrected chi connectivity index (χ4v) is 5.08. The minimum Gasteiger partial charge on any atom is -0.349 e. The summed E-state index contributed by atoms with van der Waals surface area (Å²) in [5.41, 5.74) is 2.68. The van der Waals surface area contributed by atoms with Crippen LogP contribution in [0.2, 0.25) is 0 Å². The van der Waals surface area contributed by atoms with E-state index in [0.717, 1.165) is 16.8 Å². The predicted molar refractivity (Wildman–Crippen MR) is 133 cm³/mol. The number of amides is 2. The first-order valence-corrected chi connectivity index (χ1v) is 12.5. The molecule has 0 fully saturated rings. The van der Waals surface area contributed by atoms with Crippen LogP contribution in [-0.4, -0.2) is 61.3 Å². The fraction of sp³-hybridized carbons (Fsp3) is 0.269. The lowest BCUT2D eigenvalue weighted by Gasteiger charge is -2.32. The zero-order valence-corrected chi connectivity index (χ0v) is 20.1. The van der Waals surface area contributed by atoms with Gasteiger partial charge >= 0.3 is 0 Å². The van der Waals surface area contributed by atoms with Crippen molar-refractivity contribution in [2.45, 2.75) is 24.9 Å². The fourth-order valence-electron chi connectivity index (χ4n) is 3.99. The Kier molecular flexibility index (Phi) is 7.37. The van der Waals surface area contributed by atoms with Crippen LogP contribution in [0.3, 0.4) is 0 Å². The Hall–Kier alpha value is -3.52. The van der Waals surface area contributed by atoms with Crippen LogP contribution in [-0.2, 0) is 26.9 Å². The second-order valence-corrected chi connectivity index (χ2v) is 9.86. The second-order valence-electron chi connectivity index (χ2n) is 8.49. The van der Waals surface area contributed by atoms with Crippen LogP contribution in [0.1, 0.15) is 23.5 Å². The first-order chi connectivity index (χ1) is 16.4. The van der Waals surface area contributed by atoms with E-state index in [1.54, 1.807) is 36.8 Å². The molecule has 1 aromatic carbocycles. The average Bonchev–Trinajstić information content (AvgIpc) is 3.53. The molecule has 3 aromatic rings. The molecule has 3 unspecified atom stereocenters. The Balaban J connectivity index is 1.67. The van der Waals surface area contributed by atoms with Gasteiger partial charge < -0.3 is 14.4 Å². The monoisotopic (exact) mass is 476 g/mol. The molecule has 34 heavy (non-hydrogen) atoms. The molecule has 0 N–H and O–H groups in total. The Labute approximate surface area is 202 Å². The third-order valence-corrected chi connectivity index (χ3v) is 7.08. The topological polar surface area (TPSA) is 75.5 Å². The highest BCUT2D eigenvalue weighted by atomic mass is 32.2. The first-order valence-electron chi connectivity index (χ1n) is 11.1. The summed E-state index contributed by atoms with van der Waals surface area (Å²) in [7, 11) is 2.27. The summed E-state index contributed by atoms with van der Waals surface area (Å²) in [6.45, 7) is 0.349. The number of benzene rings is 1. The van der Waals surface area contributed by atoms with Gasteiger partial charge in [0.25, 0.3) is 0 Å². The van der Waals surface area contributed by atoms with Gasteiger partial charge in [0.05, 0.1) is 17.7 Å². The van der Waals surface area contributed by atoms with E-state index in [9.17, 15) is 13.8 Å². The molecule has 0 spiro atoms. The standard InChI is InChI=1S/C26H28N4O3S/c1-28(2)25(31)17-24(21-5-7-22(8-6-21)29-14-3-4-15-29)26(32)30(23-11-16-34(33)19-23)18-20-9-12-27-13-10-20/h3-16,23-24H,17-19H2,1-2H3. The zero-order chi connectivity index (χ0) is 24.1. The Bertz CT molecular complexity index is 1170. The van der Waals surface area contributed by atoms with Gasteiger partial charge in [0.15, 0.2) is 0 Å². The number of hydrogen-bond donors (Lipinski definition) is 0. The van der Waals surface area contributed by atoms with Gasteiger partial charge in [0.2, 0.25) is 11.8 Å². The van der Waals surface area contributed by atoms with Gasteiger partial charge in [0.1, 0.15) is 0 Å². The van der Waals surface area contributed by atoms with E-state index in [0.29, 0.717) is 12.3 Å². The number of nitrogens with zero attached hydrogens (tertiary/aromatic N) is 4. The highest BCUT2D eigenvalue weighted by Crippen LogP contribution is 2.28. The zero-order valence-electron chi connectivity index (χ0n) is 19.3. The van der Waals surface area contributed by atoms with Gasteiger partial charge in [-0.3, -0.25) is 18.8 Å². The highest BCUT2D eigenvalue weighted by Gasteiger charge is 2.34. The van der Waals surface area contributed by atoms with Gasteiger partial charge in [-0.25, -0.2) is 0 Å². The minimum absolute atomic E-state index is 0.0566. The molecule has 176 valence electrons. The van der Waals surface area contributed by atoms with E-state index in [2.05, 4.69) is 4.98 Å². The van der Waals surface area contributed by atoms with Crippen molar-refractivity contribution in [3.63, 3.8) is 0 Å². The molecule has 4 rings (SSSR count). The molecule has 7 nitrogen and oxygen atoms in total. The molecule has 3 heterocycles. The molecule has 0 radical (unpaired) electrons. The molecule has 2 aromatic heterocycles. The van der Waals surface area contributed by atoms with Crippen LogP contribution >= 0.6 is 0 Å². The molecule has 1 aliphatic heterocycles. The van der Waals surface area contributed by atoms with Gasteiger partial charge in [-0.05, 0) is 47.5 Å². The van der Waals surface area contributed by atoms with Crippen molar-refractivity contribution in [3.8, 4) is 5.69 Å². The number of carbonyl (C=O) groups excluding carboxylic acids is 2. The molecule has 1 aliphatic rings. The Morgan fingerprint density at radius 1 is 1.09 bits per heavy atom. The van der Waals surface area contributed by atoms with Gasteiger partial charge in [-0.2, -0.15) is 0 Å². The minimum atomic E-state index is -1.11. The molecule has 0 aliphatic carbocycles. The van der Waals surface area contributed by atoms with Crippen LogP contribution in [0.25, 0.3) is 5.69 Å². The number of aromatic nitrogens is 2. The average molecular weight is 477 g/mol. The third kappa shape index (κ3) is 5.51.